The normalized spacial score (nSPS) is 22.1. The number of nitrogens with two attached hydrogens (primary N) is 1. The van der Waals surface area contributed by atoms with Crippen molar-refractivity contribution in [1.29, 1.82) is 0 Å². The summed E-state index contributed by atoms with van der Waals surface area (Å²) < 4.78 is 29.0. The second-order valence-electron chi connectivity index (χ2n) is 11.1. The molecule has 0 aromatic heterocycles. The van der Waals surface area contributed by atoms with Gasteiger partial charge in [0.05, 0.1) is 19.0 Å². The maximum absolute atomic E-state index is 14.7. The molecule has 4 aromatic carbocycles. The summed E-state index contributed by atoms with van der Waals surface area (Å²) in [7, 11) is -4.12. The third kappa shape index (κ3) is 4.61. The molecule has 0 spiro atoms. The number of hydrogen-bond donors (Lipinski definition) is 1. The van der Waals surface area contributed by atoms with Crippen LogP contribution >= 0.6 is 0 Å². The average molecular weight is 581 g/mol. The van der Waals surface area contributed by atoms with Crippen molar-refractivity contribution in [3.8, 4) is 0 Å². The Morgan fingerprint density at radius 3 is 1.93 bits per heavy atom. The number of hydrogen-bond acceptors (Lipinski definition) is 4. The maximum Gasteiger partial charge on any atom is 0.328 e. The lowest BCUT2D eigenvalue weighted by Crippen LogP contribution is -2.72. The number of primary amides is 1. The lowest BCUT2D eigenvalue weighted by Gasteiger charge is -2.51. The van der Waals surface area contributed by atoms with E-state index in [1.165, 1.54) is 0 Å². The van der Waals surface area contributed by atoms with Gasteiger partial charge in [0.1, 0.15) is 17.5 Å². The second kappa shape index (κ2) is 11.2. The average Bonchev–Trinajstić information content (AvgIpc) is 3.47. The zero-order valence-corrected chi connectivity index (χ0v) is 24.1. The highest BCUT2D eigenvalue weighted by molar-refractivity contribution is 7.86. The van der Waals surface area contributed by atoms with Gasteiger partial charge in [0.15, 0.2) is 0 Å². The third-order valence-corrected chi connectivity index (χ3v) is 11.4. The fourth-order valence-electron chi connectivity index (χ4n) is 6.93. The van der Waals surface area contributed by atoms with Crippen molar-refractivity contribution in [3.05, 3.63) is 138 Å². The standard InChI is InChI=1S/C34H33N3O4S/c35-33(38)31-24-36(34(39)32(26-13-4-1-5-14-26)27-15-6-2-7-16-27)22-23-37(31,42(40,41)28-17-8-3-9-18-28)30-21-20-25-12-10-11-19-29(25)30/h1-19,30-32H,20-24H2,(H-,35,38)/p+1. The van der Waals surface area contributed by atoms with Crippen LogP contribution in [-0.2, 0) is 26.0 Å². The molecule has 2 aliphatic rings. The Morgan fingerprint density at radius 2 is 1.33 bits per heavy atom. The number of nitrogens with zero attached hydrogens (tertiary/aromatic N) is 2. The monoisotopic (exact) mass is 580 g/mol. The van der Waals surface area contributed by atoms with E-state index in [0.717, 1.165) is 22.3 Å². The van der Waals surface area contributed by atoms with Gasteiger partial charge < -0.3 is 10.6 Å². The van der Waals surface area contributed by atoms with E-state index in [9.17, 15) is 18.0 Å². The molecule has 2 N–H and O–H groups in total. The minimum atomic E-state index is -4.12. The van der Waals surface area contributed by atoms with Crippen LogP contribution in [0.3, 0.4) is 0 Å². The van der Waals surface area contributed by atoms with Gasteiger partial charge >= 0.3 is 10.0 Å². The van der Waals surface area contributed by atoms with Gasteiger partial charge in [0.2, 0.25) is 11.9 Å². The molecular weight excluding hydrogens is 546 g/mol. The largest absolute Gasteiger partial charge is 0.364 e. The Balaban J connectivity index is 1.45. The van der Waals surface area contributed by atoms with E-state index in [2.05, 4.69) is 0 Å². The van der Waals surface area contributed by atoms with Gasteiger partial charge in [-0.2, -0.15) is 12.3 Å². The molecule has 4 aromatic rings. The highest BCUT2D eigenvalue weighted by atomic mass is 32.2. The first-order valence-corrected chi connectivity index (χ1v) is 15.7. The first kappa shape index (κ1) is 27.9. The summed E-state index contributed by atoms with van der Waals surface area (Å²) in [5, 5.41) is 0. The third-order valence-electron chi connectivity index (χ3n) is 8.91. The molecule has 0 bridgehead atoms. The predicted octanol–water partition coefficient (Wildman–Crippen LogP) is 4.41. The Kier molecular flexibility index (Phi) is 7.43. The molecule has 1 saturated heterocycles. The number of fused-ring (bicyclic) bond motifs is 1. The molecule has 3 atom stereocenters. The first-order chi connectivity index (χ1) is 20.3. The molecule has 0 radical (unpaired) electrons. The highest BCUT2D eigenvalue weighted by Gasteiger charge is 2.61. The van der Waals surface area contributed by atoms with Gasteiger partial charge in [0.25, 0.3) is 5.91 Å². The lowest BCUT2D eigenvalue weighted by molar-refractivity contribution is -0.860. The molecule has 214 valence electrons. The summed E-state index contributed by atoms with van der Waals surface area (Å²) >= 11 is 0. The van der Waals surface area contributed by atoms with Gasteiger partial charge in [-0.3, -0.25) is 9.59 Å². The molecule has 1 fully saturated rings. The van der Waals surface area contributed by atoms with Crippen molar-refractivity contribution in [2.24, 2.45) is 5.73 Å². The molecule has 6 rings (SSSR count). The fraction of sp³-hybridized carbons (Fsp3) is 0.235. The van der Waals surface area contributed by atoms with Gasteiger partial charge in [-0.15, -0.1) is 0 Å². The summed E-state index contributed by atoms with van der Waals surface area (Å²) in [4.78, 5) is 29.5. The van der Waals surface area contributed by atoms with E-state index in [-0.39, 0.29) is 30.4 Å². The van der Waals surface area contributed by atoms with Crippen LogP contribution in [0.5, 0.6) is 0 Å². The highest BCUT2D eigenvalue weighted by Crippen LogP contribution is 2.48. The summed E-state index contributed by atoms with van der Waals surface area (Å²) in [6.07, 6.45) is 1.28. The van der Waals surface area contributed by atoms with Crippen LogP contribution in [0.4, 0.5) is 0 Å². The van der Waals surface area contributed by atoms with Crippen molar-refractivity contribution < 1.29 is 21.9 Å². The summed E-state index contributed by atoms with van der Waals surface area (Å²) in [6.45, 7) is 0.129. The smallest absolute Gasteiger partial charge is 0.328 e. The van der Waals surface area contributed by atoms with Crippen molar-refractivity contribution in [2.45, 2.75) is 35.7 Å². The number of sulfonamides is 1. The minimum Gasteiger partial charge on any atom is -0.364 e. The zero-order valence-electron chi connectivity index (χ0n) is 23.3. The number of carbonyl (C=O) groups is 2. The van der Waals surface area contributed by atoms with Crippen LogP contribution in [0.25, 0.3) is 0 Å². The van der Waals surface area contributed by atoms with E-state index in [0.29, 0.717) is 12.8 Å². The number of benzene rings is 4. The Labute approximate surface area is 246 Å². The van der Waals surface area contributed by atoms with Crippen LogP contribution in [0.15, 0.2) is 120 Å². The molecule has 1 heterocycles. The SMILES string of the molecule is NC(=O)C1CN(C(=O)C(c2ccccc2)c2ccccc2)CC[N+]1(C1CCc2ccccc21)S(=O)(=O)c1ccccc1. The van der Waals surface area contributed by atoms with Gasteiger partial charge in [-0.1, -0.05) is 103 Å². The number of quaternary nitrogens is 1. The number of rotatable bonds is 7. The van der Waals surface area contributed by atoms with E-state index in [4.69, 9.17) is 5.73 Å². The molecule has 1 aliphatic carbocycles. The van der Waals surface area contributed by atoms with Gasteiger partial charge in [-0.05, 0) is 35.2 Å². The van der Waals surface area contributed by atoms with Gasteiger partial charge in [-0.25, -0.2) is 0 Å². The van der Waals surface area contributed by atoms with E-state index >= 15 is 0 Å². The number of carbonyl (C=O) groups excluding carboxylic acids is 2. The molecule has 2 amide bonds. The van der Waals surface area contributed by atoms with Crippen molar-refractivity contribution in [2.75, 3.05) is 19.6 Å². The second-order valence-corrected chi connectivity index (χ2v) is 13.2. The van der Waals surface area contributed by atoms with E-state index < -0.39 is 37.8 Å². The minimum absolute atomic E-state index is 0.0475. The molecule has 7 nitrogen and oxygen atoms in total. The molecular formula is C34H34N3O4S+. The first-order valence-electron chi connectivity index (χ1n) is 14.3. The van der Waals surface area contributed by atoms with Crippen molar-refractivity contribution in [1.82, 2.24) is 4.90 Å². The summed E-state index contributed by atoms with van der Waals surface area (Å²) in [5.41, 5.74) is 9.78. The van der Waals surface area contributed by atoms with Crippen LogP contribution in [0.2, 0.25) is 0 Å². The topological polar surface area (TPSA) is 97.5 Å². The molecule has 3 unspecified atom stereocenters. The molecule has 0 saturated carbocycles. The molecule has 8 heteroatoms. The number of aryl methyl sites for hydroxylation is 1. The van der Waals surface area contributed by atoms with Crippen molar-refractivity contribution in [3.63, 3.8) is 0 Å². The van der Waals surface area contributed by atoms with Crippen LogP contribution < -0.4 is 5.73 Å². The fourth-order valence-corrected chi connectivity index (χ4v) is 9.21. The maximum atomic E-state index is 14.7. The summed E-state index contributed by atoms with van der Waals surface area (Å²) in [6, 6.07) is 33.6. The Morgan fingerprint density at radius 1 is 0.786 bits per heavy atom. The predicted molar refractivity (Wildman–Crippen MR) is 161 cm³/mol. The van der Waals surface area contributed by atoms with Crippen LogP contribution in [0, 0.1) is 0 Å². The summed E-state index contributed by atoms with van der Waals surface area (Å²) in [5.74, 6) is -1.51. The molecule has 42 heavy (non-hydrogen) atoms. The lowest BCUT2D eigenvalue weighted by atomic mass is 9.89. The Bertz CT molecular complexity index is 1660. The molecule has 1 aliphatic heterocycles. The number of amides is 2. The van der Waals surface area contributed by atoms with Gasteiger partial charge in [0, 0.05) is 12.0 Å². The van der Waals surface area contributed by atoms with E-state index in [1.807, 2.05) is 84.9 Å². The Hall–Kier alpha value is -4.27. The quantitative estimate of drug-likeness (QED) is 0.328. The van der Waals surface area contributed by atoms with Crippen LogP contribution in [0.1, 0.15) is 40.6 Å². The van der Waals surface area contributed by atoms with E-state index in [1.54, 1.807) is 35.2 Å². The van der Waals surface area contributed by atoms with Crippen molar-refractivity contribution >= 4 is 21.8 Å². The zero-order chi connectivity index (χ0) is 29.3. The van der Waals surface area contributed by atoms with Crippen LogP contribution in [-0.4, -0.2) is 54.7 Å². The number of piperazine rings is 1.